The highest BCUT2D eigenvalue weighted by Crippen LogP contribution is 2.37. The lowest BCUT2D eigenvalue weighted by molar-refractivity contribution is 0.415. The van der Waals surface area contributed by atoms with Crippen molar-refractivity contribution in [2.75, 3.05) is 19.9 Å². The van der Waals surface area contributed by atoms with Gasteiger partial charge in [-0.3, -0.25) is 4.31 Å². The molecule has 1 aliphatic heterocycles. The summed E-state index contributed by atoms with van der Waals surface area (Å²) in [6.45, 7) is 0.549. The van der Waals surface area contributed by atoms with E-state index in [0.29, 0.717) is 17.9 Å². The molecule has 0 aliphatic carbocycles. The summed E-state index contributed by atoms with van der Waals surface area (Å²) in [6.07, 6.45) is 7.54. The number of ether oxygens (including phenoxy) is 1. The topological polar surface area (TPSA) is 82.1 Å². The summed E-state index contributed by atoms with van der Waals surface area (Å²) in [5.41, 5.74) is 3.21. The molecule has 0 spiro atoms. The van der Waals surface area contributed by atoms with Crippen LogP contribution < -0.4 is 4.74 Å². The molecule has 146 valence electrons. The Morgan fingerprint density at radius 1 is 1.32 bits per heavy atom. The Hall–Kier alpha value is -2.87. The molecule has 1 aliphatic rings. The van der Waals surface area contributed by atoms with Gasteiger partial charge in [-0.15, -0.1) is 0 Å². The van der Waals surface area contributed by atoms with Crippen molar-refractivity contribution in [1.29, 1.82) is 4.78 Å². The van der Waals surface area contributed by atoms with Gasteiger partial charge in [0.05, 0.1) is 7.11 Å². The van der Waals surface area contributed by atoms with Gasteiger partial charge in [0.25, 0.3) is 0 Å². The molecule has 2 N–H and O–H groups in total. The van der Waals surface area contributed by atoms with Crippen molar-refractivity contribution < 1.29 is 13.3 Å². The van der Waals surface area contributed by atoms with Crippen LogP contribution >= 0.6 is 0 Å². The Labute approximate surface area is 163 Å². The smallest absolute Gasteiger partial charge is 0.138 e. The Balaban J connectivity index is 1.76. The predicted molar refractivity (Wildman–Crippen MR) is 108 cm³/mol. The molecule has 3 aromatic rings. The second-order valence-electron chi connectivity index (χ2n) is 6.87. The van der Waals surface area contributed by atoms with Gasteiger partial charge >= 0.3 is 0 Å². The minimum absolute atomic E-state index is 0.106. The van der Waals surface area contributed by atoms with E-state index in [1.165, 1.54) is 18.4 Å². The number of halogens is 1. The highest BCUT2D eigenvalue weighted by atomic mass is 32.2. The third kappa shape index (κ3) is 3.35. The first-order valence-corrected chi connectivity index (χ1v) is 10.8. The van der Waals surface area contributed by atoms with E-state index >= 15 is 0 Å². The molecule has 0 saturated carbocycles. The van der Waals surface area contributed by atoms with Gasteiger partial charge in [-0.05, 0) is 42.3 Å². The Bertz CT molecular complexity index is 1170. The first-order valence-electron chi connectivity index (χ1n) is 8.87. The molecular formula is C20H21FN4O2S. The number of nitrogens with one attached hydrogen (secondary N) is 2. The monoisotopic (exact) mass is 400 g/mol. The zero-order valence-electron chi connectivity index (χ0n) is 15.6. The highest BCUT2D eigenvalue weighted by molar-refractivity contribution is 7.89. The van der Waals surface area contributed by atoms with E-state index in [4.69, 9.17) is 9.52 Å². The largest absolute Gasteiger partial charge is 0.496 e. The van der Waals surface area contributed by atoms with Crippen molar-refractivity contribution in [3.05, 3.63) is 60.3 Å². The summed E-state index contributed by atoms with van der Waals surface area (Å²) in [4.78, 5) is 7.76. The molecule has 2 atom stereocenters. The molecule has 0 radical (unpaired) electrons. The fraction of sp³-hybridized carbons (Fsp3) is 0.250. The van der Waals surface area contributed by atoms with Crippen LogP contribution in [0.3, 0.4) is 0 Å². The first-order chi connectivity index (χ1) is 13.4. The molecule has 2 aromatic heterocycles. The average molecular weight is 400 g/mol. The standard InChI is InChI=1S/C20H21FN4O2S/c1-27-19-4-3-14(21)11-16(19)15-5-8-23-20-17(15)12-18(24-20)13-6-9-25(10-7-13)28(2,22)26/h3-6,8-9,11-13,22H,7,10H2,1-2H3,(H,23,24). The van der Waals surface area contributed by atoms with Crippen LogP contribution in [0, 0.1) is 10.6 Å². The van der Waals surface area contributed by atoms with E-state index in [9.17, 15) is 8.60 Å². The van der Waals surface area contributed by atoms with Crippen molar-refractivity contribution in [1.82, 2.24) is 14.3 Å². The minimum atomic E-state index is -2.74. The molecule has 4 rings (SSSR count). The number of aromatic nitrogens is 2. The van der Waals surface area contributed by atoms with Crippen molar-refractivity contribution in [2.45, 2.75) is 12.3 Å². The zero-order chi connectivity index (χ0) is 19.9. The second-order valence-corrected chi connectivity index (χ2v) is 8.94. The fourth-order valence-electron chi connectivity index (χ4n) is 3.56. The number of fused-ring (bicyclic) bond motifs is 1. The lowest BCUT2D eigenvalue weighted by Gasteiger charge is -2.27. The highest BCUT2D eigenvalue weighted by Gasteiger charge is 2.21. The third-order valence-electron chi connectivity index (χ3n) is 5.00. The maximum absolute atomic E-state index is 13.9. The van der Waals surface area contributed by atoms with Crippen LogP contribution in [0.2, 0.25) is 0 Å². The van der Waals surface area contributed by atoms with Gasteiger partial charge in [-0.25, -0.2) is 18.4 Å². The number of nitrogens with zero attached hydrogens (tertiary/aromatic N) is 2. The van der Waals surface area contributed by atoms with Crippen LogP contribution in [0.15, 0.2) is 48.8 Å². The number of pyridine rings is 1. The number of hydrogen-bond donors (Lipinski definition) is 2. The molecule has 1 aromatic carbocycles. The molecule has 28 heavy (non-hydrogen) atoms. The third-order valence-corrected chi connectivity index (χ3v) is 6.20. The van der Waals surface area contributed by atoms with E-state index < -0.39 is 9.92 Å². The van der Waals surface area contributed by atoms with E-state index in [1.807, 2.05) is 18.2 Å². The zero-order valence-corrected chi connectivity index (χ0v) is 16.4. The summed E-state index contributed by atoms with van der Waals surface area (Å²) in [5, 5.41) is 0.886. The van der Waals surface area contributed by atoms with Crippen LogP contribution in [0.25, 0.3) is 22.2 Å². The van der Waals surface area contributed by atoms with E-state index in [1.54, 1.807) is 29.9 Å². The number of allylic oxidation sites excluding steroid dienone is 1. The lowest BCUT2D eigenvalue weighted by Crippen LogP contribution is -2.28. The van der Waals surface area contributed by atoms with Crippen LogP contribution in [0.1, 0.15) is 18.0 Å². The van der Waals surface area contributed by atoms with Crippen LogP contribution in [0.4, 0.5) is 4.39 Å². The van der Waals surface area contributed by atoms with E-state index in [2.05, 4.69) is 9.97 Å². The fourth-order valence-corrected chi connectivity index (χ4v) is 4.32. The van der Waals surface area contributed by atoms with Crippen molar-refractivity contribution in [3.8, 4) is 16.9 Å². The van der Waals surface area contributed by atoms with Crippen molar-refractivity contribution in [3.63, 3.8) is 0 Å². The molecule has 8 heteroatoms. The van der Waals surface area contributed by atoms with Gasteiger partial charge in [-0.2, -0.15) is 0 Å². The molecule has 0 bridgehead atoms. The molecule has 2 unspecified atom stereocenters. The minimum Gasteiger partial charge on any atom is -0.496 e. The number of hydrogen-bond acceptors (Lipinski definition) is 4. The van der Waals surface area contributed by atoms with Crippen LogP contribution in [-0.4, -0.2) is 38.4 Å². The van der Waals surface area contributed by atoms with Gasteiger partial charge in [-0.1, -0.05) is 6.08 Å². The summed E-state index contributed by atoms with van der Waals surface area (Å²) in [6, 6.07) is 8.33. The van der Waals surface area contributed by atoms with Crippen molar-refractivity contribution in [2.24, 2.45) is 0 Å². The molecule has 3 heterocycles. The summed E-state index contributed by atoms with van der Waals surface area (Å²) < 4.78 is 40.4. The summed E-state index contributed by atoms with van der Waals surface area (Å²) >= 11 is 0. The molecule has 0 amide bonds. The maximum atomic E-state index is 13.9. The van der Waals surface area contributed by atoms with Gasteiger partial charge in [0.1, 0.15) is 27.1 Å². The second kappa shape index (κ2) is 6.94. The van der Waals surface area contributed by atoms with Gasteiger partial charge in [0.15, 0.2) is 0 Å². The molecular weight excluding hydrogens is 379 g/mol. The predicted octanol–water partition coefficient (Wildman–Crippen LogP) is 4.27. The number of H-pyrrole nitrogens is 1. The van der Waals surface area contributed by atoms with Crippen LogP contribution in [0.5, 0.6) is 5.75 Å². The van der Waals surface area contributed by atoms with Gasteiger partial charge in [0, 0.05) is 47.8 Å². The SMILES string of the molecule is COc1ccc(F)cc1-c1ccnc2[nH]c(C3C=CN(S(C)(=N)=O)CC3)cc12. The lowest BCUT2D eigenvalue weighted by atomic mass is 9.98. The Morgan fingerprint density at radius 3 is 2.82 bits per heavy atom. The van der Waals surface area contributed by atoms with Gasteiger partial charge < -0.3 is 9.72 Å². The Kier molecular flexibility index (Phi) is 4.58. The van der Waals surface area contributed by atoms with E-state index in [0.717, 1.165) is 28.7 Å². The first kappa shape index (κ1) is 18.5. The van der Waals surface area contributed by atoms with E-state index in [-0.39, 0.29) is 11.7 Å². The van der Waals surface area contributed by atoms with Crippen LogP contribution in [-0.2, 0) is 9.92 Å². The van der Waals surface area contributed by atoms with Crippen molar-refractivity contribution >= 4 is 20.9 Å². The number of methoxy groups -OCH3 is 1. The quantitative estimate of drug-likeness (QED) is 0.686. The number of aromatic amines is 1. The van der Waals surface area contributed by atoms with Gasteiger partial charge in [0.2, 0.25) is 0 Å². The maximum Gasteiger partial charge on any atom is 0.138 e. The molecule has 6 nitrogen and oxygen atoms in total. The Morgan fingerprint density at radius 2 is 2.14 bits per heavy atom. The molecule has 0 fully saturated rings. The summed E-state index contributed by atoms with van der Waals surface area (Å²) in [5.74, 6) is 0.373. The normalized spacial score (nSPS) is 19.0. The summed E-state index contributed by atoms with van der Waals surface area (Å²) in [7, 11) is -1.17. The molecule has 0 saturated heterocycles. The number of rotatable bonds is 4. The average Bonchev–Trinajstić information content (AvgIpc) is 3.11. The number of benzene rings is 1.